The van der Waals surface area contributed by atoms with Crippen molar-refractivity contribution < 1.29 is 27.9 Å². The molecule has 3 N–H and O–H groups in total. The molecule has 17 nitrogen and oxygen atoms in total. The Bertz CT molecular complexity index is 2730. The van der Waals surface area contributed by atoms with Gasteiger partial charge in [0, 0.05) is 79.1 Å². The van der Waals surface area contributed by atoms with E-state index in [0.29, 0.717) is 60.2 Å². The van der Waals surface area contributed by atoms with E-state index in [1.54, 1.807) is 25.8 Å². The maximum atomic E-state index is 12.8. The van der Waals surface area contributed by atoms with Gasteiger partial charge in [0.1, 0.15) is 5.75 Å². The van der Waals surface area contributed by atoms with E-state index in [4.69, 9.17) is 9.26 Å². The van der Waals surface area contributed by atoms with Crippen LogP contribution in [0.4, 0.5) is 19.9 Å². The molecular weight excluding hydrogens is 853 g/mol. The highest BCUT2D eigenvalue weighted by molar-refractivity contribution is 7.22. The molecule has 0 radical (unpaired) electrons. The molecular formula is C45H60N12O5S2. The van der Waals surface area contributed by atoms with Crippen molar-refractivity contribution in [1.82, 2.24) is 49.8 Å². The zero-order valence-corrected chi connectivity index (χ0v) is 38.8. The highest BCUT2D eigenvalue weighted by atomic mass is 32.1. The van der Waals surface area contributed by atoms with E-state index in [1.165, 1.54) is 22.7 Å². The first kappa shape index (κ1) is 45.6. The molecule has 2 aromatic carbocycles. The molecule has 0 saturated carbocycles. The zero-order chi connectivity index (χ0) is 45.4. The van der Waals surface area contributed by atoms with Crippen molar-refractivity contribution in [3.63, 3.8) is 0 Å². The number of piperidine rings is 1. The van der Waals surface area contributed by atoms with Gasteiger partial charge in [-0.1, -0.05) is 74.6 Å². The summed E-state index contributed by atoms with van der Waals surface area (Å²) in [5.41, 5.74) is 5.54. The minimum atomic E-state index is -0.319. The van der Waals surface area contributed by atoms with Gasteiger partial charge in [0.05, 0.1) is 52.0 Å². The minimum absolute atomic E-state index is 0. The summed E-state index contributed by atoms with van der Waals surface area (Å²) in [5, 5.41) is 13.6. The number of fused-ring (bicyclic) bond motifs is 2. The van der Waals surface area contributed by atoms with Crippen LogP contribution >= 0.6 is 22.7 Å². The molecule has 7 heterocycles. The molecule has 0 atom stereocenters. The Labute approximate surface area is 384 Å². The van der Waals surface area contributed by atoms with Crippen molar-refractivity contribution in [3.8, 4) is 28.1 Å². The SMILES string of the molecule is CC.COc1cncc(-c2ccc3nc(NC(=O)N4CCC(N5CCCC5=O)CC4)sc3c2)c1.Cn1cncc1-c1ccc2nc(NC(=O)NCCc3noc(C(C)(C)C)n3)sc2c1.[HH].[HH].[HH]. The summed E-state index contributed by atoms with van der Waals surface area (Å²) in [7, 11) is 3.57. The van der Waals surface area contributed by atoms with Crippen LogP contribution in [0.2, 0.25) is 0 Å². The first-order valence-electron chi connectivity index (χ1n) is 21.4. The van der Waals surface area contributed by atoms with Crippen LogP contribution in [0.3, 0.4) is 0 Å². The van der Waals surface area contributed by atoms with Gasteiger partial charge in [0.15, 0.2) is 16.1 Å². The Morgan fingerprint density at radius 3 is 2.19 bits per heavy atom. The third-order valence-electron chi connectivity index (χ3n) is 10.7. The number of aromatic nitrogens is 7. The average molecular weight is 913 g/mol. The first-order chi connectivity index (χ1) is 30.9. The van der Waals surface area contributed by atoms with Gasteiger partial charge in [-0.3, -0.25) is 20.4 Å². The molecule has 2 fully saturated rings. The Morgan fingerprint density at radius 1 is 0.875 bits per heavy atom. The Morgan fingerprint density at radius 2 is 1.56 bits per heavy atom. The predicted octanol–water partition coefficient (Wildman–Crippen LogP) is 9.49. The molecule has 0 unspecified atom stereocenters. The van der Waals surface area contributed by atoms with Crippen LogP contribution in [0.15, 0.2) is 71.9 Å². The molecule has 9 rings (SSSR count). The Balaban J connectivity index is 0.000000271. The third-order valence-corrected chi connectivity index (χ3v) is 12.5. The van der Waals surface area contributed by atoms with Crippen molar-refractivity contribution in [2.24, 2.45) is 7.05 Å². The third kappa shape index (κ3) is 11.0. The quantitative estimate of drug-likeness (QED) is 0.125. The van der Waals surface area contributed by atoms with Crippen molar-refractivity contribution in [1.29, 1.82) is 0 Å². The second kappa shape index (κ2) is 20.4. The van der Waals surface area contributed by atoms with Gasteiger partial charge < -0.3 is 28.9 Å². The minimum Gasteiger partial charge on any atom is -0.495 e. The molecule has 2 saturated heterocycles. The number of nitrogens with zero attached hydrogens (tertiary/aromatic N) is 9. The van der Waals surface area contributed by atoms with Gasteiger partial charge in [-0.25, -0.2) is 24.5 Å². The van der Waals surface area contributed by atoms with Crippen LogP contribution in [0.5, 0.6) is 5.75 Å². The number of aryl methyl sites for hydroxylation is 1. The highest BCUT2D eigenvalue weighted by Gasteiger charge is 2.32. The van der Waals surface area contributed by atoms with Crippen LogP contribution < -0.4 is 20.7 Å². The molecule has 19 heteroatoms. The Hall–Kier alpha value is -6.47. The summed E-state index contributed by atoms with van der Waals surface area (Å²) < 4.78 is 14.5. The number of urea groups is 2. The van der Waals surface area contributed by atoms with Gasteiger partial charge in [-0.15, -0.1) is 0 Å². The molecule has 7 aromatic rings. The number of methoxy groups -OCH3 is 1. The summed E-state index contributed by atoms with van der Waals surface area (Å²) in [4.78, 5) is 62.6. The fourth-order valence-electron chi connectivity index (χ4n) is 7.31. The molecule has 5 amide bonds. The van der Waals surface area contributed by atoms with E-state index in [9.17, 15) is 14.4 Å². The van der Waals surface area contributed by atoms with E-state index in [-0.39, 0.29) is 33.7 Å². The van der Waals surface area contributed by atoms with Crippen molar-refractivity contribution in [2.75, 3.05) is 43.9 Å². The van der Waals surface area contributed by atoms with E-state index >= 15 is 0 Å². The number of benzene rings is 2. The lowest BCUT2D eigenvalue weighted by atomic mass is 9.97. The zero-order valence-electron chi connectivity index (χ0n) is 37.2. The maximum Gasteiger partial charge on any atom is 0.323 e. The van der Waals surface area contributed by atoms with Crippen molar-refractivity contribution in [3.05, 3.63) is 79.1 Å². The number of amides is 5. The second-order valence-corrected chi connectivity index (χ2v) is 18.2. The van der Waals surface area contributed by atoms with E-state index in [0.717, 1.165) is 68.6 Å². The van der Waals surface area contributed by atoms with Gasteiger partial charge >= 0.3 is 12.1 Å². The van der Waals surface area contributed by atoms with E-state index in [2.05, 4.69) is 58.2 Å². The maximum absolute atomic E-state index is 12.8. The number of hydrogen-bond donors (Lipinski definition) is 3. The fraction of sp³-hybridized carbons (Fsp3) is 0.400. The summed E-state index contributed by atoms with van der Waals surface area (Å²) in [6.07, 6.45) is 10.8. The lowest BCUT2D eigenvalue weighted by Gasteiger charge is -2.36. The van der Waals surface area contributed by atoms with Crippen molar-refractivity contribution in [2.45, 2.75) is 78.2 Å². The fourth-order valence-corrected chi connectivity index (χ4v) is 9.11. The largest absolute Gasteiger partial charge is 0.495 e. The molecule has 0 aliphatic carbocycles. The monoisotopic (exact) mass is 912 g/mol. The second-order valence-electron chi connectivity index (χ2n) is 16.1. The summed E-state index contributed by atoms with van der Waals surface area (Å²) in [5.74, 6) is 2.12. The van der Waals surface area contributed by atoms with Crippen LogP contribution in [-0.2, 0) is 23.7 Å². The first-order valence-corrected chi connectivity index (χ1v) is 23.0. The molecule has 5 aromatic heterocycles. The van der Waals surface area contributed by atoms with Gasteiger partial charge in [-0.05, 0) is 55.2 Å². The predicted molar refractivity (Wildman–Crippen MR) is 257 cm³/mol. The molecule has 2 aliphatic rings. The Kier molecular flexibility index (Phi) is 14.5. The number of carbonyl (C=O) groups excluding carboxylic acids is 3. The number of hydrogen-bond acceptors (Lipinski definition) is 13. The highest BCUT2D eigenvalue weighted by Crippen LogP contribution is 2.33. The van der Waals surface area contributed by atoms with E-state index < -0.39 is 0 Å². The number of thiazole rings is 2. The number of imidazole rings is 1. The van der Waals surface area contributed by atoms with Gasteiger partial charge in [0.25, 0.3) is 0 Å². The van der Waals surface area contributed by atoms with Crippen molar-refractivity contribution >= 4 is 71.3 Å². The van der Waals surface area contributed by atoms with Gasteiger partial charge in [0.2, 0.25) is 11.8 Å². The molecule has 0 bridgehead atoms. The number of likely N-dealkylation sites (tertiary alicyclic amines) is 2. The molecule has 64 heavy (non-hydrogen) atoms. The molecule has 0 spiro atoms. The summed E-state index contributed by atoms with van der Waals surface area (Å²) in [6.45, 7) is 12.6. The van der Waals surface area contributed by atoms with Crippen LogP contribution in [0.25, 0.3) is 42.8 Å². The number of carbonyl (C=O) groups is 3. The lowest BCUT2D eigenvalue weighted by Crippen LogP contribution is -2.48. The standard InChI is InChI=1S/C23H25N5O3S.C20H23N7O2S.C2H6.3H2/c1-31-18-11-16(13-24-14-18)15-4-5-19-20(12-15)32-22(25-19)26-23(30)27-9-6-17(7-10-27)28-8-2-3-21(28)29;1-20(2,3)17-24-16(26-29-17)7-8-22-18(28)25-19-23-13-6-5-12(9-15(13)30-19)14-10-21-11-27(14)4;1-2;;;/h4-5,11-14,17H,2-3,6-10H2,1H3,(H,25,26,30);5-6,9-11H,7-8H2,1-4H3,(H2,22,23,25,28);1-2H3;3*1H. The number of nitrogens with one attached hydrogen (secondary N) is 3. The average Bonchev–Trinajstić information content (AvgIpc) is 4.16. The number of rotatable bonds is 9. The van der Waals surface area contributed by atoms with Crippen LogP contribution in [-0.4, -0.2) is 102 Å². The smallest absolute Gasteiger partial charge is 0.323 e. The number of pyridine rings is 1. The molecule has 2 aliphatic heterocycles. The summed E-state index contributed by atoms with van der Waals surface area (Å²) in [6, 6.07) is 13.8. The number of ether oxygens (including phenoxy) is 1. The van der Waals surface area contributed by atoms with Crippen LogP contribution in [0, 0.1) is 0 Å². The van der Waals surface area contributed by atoms with Gasteiger partial charge in [-0.2, -0.15) is 4.98 Å². The summed E-state index contributed by atoms with van der Waals surface area (Å²) >= 11 is 2.88. The lowest BCUT2D eigenvalue weighted by molar-refractivity contribution is -0.130. The van der Waals surface area contributed by atoms with Crippen LogP contribution in [0.1, 0.15) is 76.3 Å². The normalized spacial score (nSPS) is 14.2. The topological polar surface area (TPSA) is 198 Å². The van der Waals surface area contributed by atoms with E-state index in [1.807, 2.05) is 92.6 Å². The number of anilines is 2. The molecule has 342 valence electrons.